The number of hydrogen-bond donors (Lipinski definition) is 0. The van der Waals surface area contributed by atoms with Crippen molar-refractivity contribution in [2.45, 2.75) is 136 Å². The molecule has 0 aliphatic heterocycles. The van der Waals surface area contributed by atoms with Gasteiger partial charge >= 0.3 is 5.97 Å². The van der Waals surface area contributed by atoms with Crippen LogP contribution < -0.4 is 14.2 Å². The predicted molar refractivity (Wildman–Crippen MR) is 170 cm³/mol. The first-order valence-electron chi connectivity index (χ1n) is 16.8. The van der Waals surface area contributed by atoms with E-state index in [0.717, 1.165) is 42.8 Å². The Morgan fingerprint density at radius 2 is 1.29 bits per heavy atom. The summed E-state index contributed by atoms with van der Waals surface area (Å²) >= 11 is 0. The lowest BCUT2D eigenvalue weighted by atomic mass is 9.75. The van der Waals surface area contributed by atoms with Crippen molar-refractivity contribution in [2.75, 3.05) is 6.61 Å². The van der Waals surface area contributed by atoms with E-state index >= 15 is 0 Å². The van der Waals surface area contributed by atoms with E-state index in [4.69, 9.17) is 14.2 Å². The van der Waals surface area contributed by atoms with Gasteiger partial charge in [-0.05, 0) is 93.0 Å². The molecule has 3 unspecified atom stereocenters. The third-order valence-corrected chi connectivity index (χ3v) is 8.64. The standard InChI is InChI=1S/C37H56O4/c1-4-6-7-8-9-10-11-12-17-30(3)40-35-23-21-33(22-24-35)37(38)41-36-27-25-34(26-28-36)39-29-15-20-32-19-14-13-18-31(32)16-5-2/h21-28,30-32H,4-20,29H2,1-3H3. The Hall–Kier alpha value is -2.49. The van der Waals surface area contributed by atoms with Gasteiger partial charge in [0.15, 0.2) is 0 Å². The van der Waals surface area contributed by atoms with Gasteiger partial charge < -0.3 is 14.2 Å². The van der Waals surface area contributed by atoms with Crippen molar-refractivity contribution in [1.82, 2.24) is 0 Å². The van der Waals surface area contributed by atoms with Gasteiger partial charge in [0, 0.05) is 0 Å². The second-order valence-corrected chi connectivity index (χ2v) is 12.2. The third-order valence-electron chi connectivity index (χ3n) is 8.64. The Labute approximate surface area is 250 Å². The van der Waals surface area contributed by atoms with Gasteiger partial charge in [0.1, 0.15) is 17.2 Å². The summed E-state index contributed by atoms with van der Waals surface area (Å²) in [5.41, 5.74) is 0.512. The summed E-state index contributed by atoms with van der Waals surface area (Å²) in [4.78, 5) is 12.7. The molecule has 2 aromatic rings. The number of unbranched alkanes of at least 4 members (excludes halogenated alkanes) is 7. The molecule has 1 aliphatic rings. The maximum atomic E-state index is 12.7. The monoisotopic (exact) mass is 564 g/mol. The summed E-state index contributed by atoms with van der Waals surface area (Å²) in [6, 6.07) is 14.6. The highest BCUT2D eigenvalue weighted by Crippen LogP contribution is 2.36. The van der Waals surface area contributed by atoms with Crippen LogP contribution in [0.25, 0.3) is 0 Å². The van der Waals surface area contributed by atoms with Crippen molar-refractivity contribution < 1.29 is 19.0 Å². The summed E-state index contributed by atoms with van der Waals surface area (Å²) in [5, 5.41) is 0. The van der Waals surface area contributed by atoms with Crippen molar-refractivity contribution in [2.24, 2.45) is 11.8 Å². The molecule has 0 heterocycles. The lowest BCUT2D eigenvalue weighted by Crippen LogP contribution is -2.20. The van der Waals surface area contributed by atoms with Gasteiger partial charge in [-0.2, -0.15) is 0 Å². The van der Waals surface area contributed by atoms with E-state index in [1.165, 1.54) is 96.3 Å². The normalized spacial score (nSPS) is 17.6. The first-order chi connectivity index (χ1) is 20.1. The van der Waals surface area contributed by atoms with Crippen LogP contribution >= 0.6 is 0 Å². The Morgan fingerprint density at radius 3 is 1.95 bits per heavy atom. The first kappa shape index (κ1) is 33.0. The fourth-order valence-electron chi connectivity index (χ4n) is 6.25. The average Bonchev–Trinajstić information content (AvgIpc) is 2.99. The summed E-state index contributed by atoms with van der Waals surface area (Å²) in [5.74, 6) is 3.55. The minimum atomic E-state index is -0.369. The number of hydrogen-bond acceptors (Lipinski definition) is 4. The van der Waals surface area contributed by atoms with E-state index in [1.807, 2.05) is 24.3 Å². The van der Waals surface area contributed by atoms with Crippen LogP contribution in [0.4, 0.5) is 0 Å². The molecular weight excluding hydrogens is 508 g/mol. The van der Waals surface area contributed by atoms with Crippen LogP contribution in [0, 0.1) is 11.8 Å². The van der Waals surface area contributed by atoms with Crippen LogP contribution in [-0.2, 0) is 0 Å². The topological polar surface area (TPSA) is 44.8 Å². The van der Waals surface area contributed by atoms with Gasteiger partial charge in [0.25, 0.3) is 0 Å². The Kier molecular flexibility index (Phi) is 15.8. The zero-order valence-electron chi connectivity index (χ0n) is 26.2. The lowest BCUT2D eigenvalue weighted by molar-refractivity contribution is 0.0734. The smallest absolute Gasteiger partial charge is 0.343 e. The van der Waals surface area contributed by atoms with Gasteiger partial charge in [0.05, 0.1) is 18.3 Å². The van der Waals surface area contributed by atoms with E-state index in [1.54, 1.807) is 24.3 Å². The highest BCUT2D eigenvalue weighted by atomic mass is 16.5. The molecule has 0 amide bonds. The molecule has 41 heavy (non-hydrogen) atoms. The number of esters is 1. The number of benzene rings is 2. The van der Waals surface area contributed by atoms with Crippen molar-refractivity contribution >= 4 is 5.97 Å². The maximum Gasteiger partial charge on any atom is 0.343 e. The zero-order valence-corrected chi connectivity index (χ0v) is 26.2. The van der Waals surface area contributed by atoms with Crippen LogP contribution in [0.5, 0.6) is 17.2 Å². The minimum Gasteiger partial charge on any atom is -0.494 e. The zero-order chi connectivity index (χ0) is 29.1. The molecule has 3 rings (SSSR count). The van der Waals surface area contributed by atoms with E-state index in [-0.39, 0.29) is 12.1 Å². The quantitative estimate of drug-likeness (QED) is 0.0911. The summed E-state index contributed by atoms with van der Waals surface area (Å²) in [6.07, 6.45) is 22.4. The Balaban J connectivity index is 1.31. The van der Waals surface area contributed by atoms with Gasteiger partial charge in [-0.15, -0.1) is 0 Å². The van der Waals surface area contributed by atoms with Crippen molar-refractivity contribution in [1.29, 1.82) is 0 Å². The van der Waals surface area contributed by atoms with Gasteiger partial charge in [-0.1, -0.05) is 97.3 Å². The molecule has 0 bridgehead atoms. The Morgan fingerprint density at radius 1 is 0.707 bits per heavy atom. The predicted octanol–water partition coefficient (Wildman–Crippen LogP) is 11.0. The number of carbonyl (C=O) groups is 1. The summed E-state index contributed by atoms with van der Waals surface area (Å²) in [7, 11) is 0. The van der Waals surface area contributed by atoms with Gasteiger partial charge in [-0.3, -0.25) is 0 Å². The fourth-order valence-corrected chi connectivity index (χ4v) is 6.25. The van der Waals surface area contributed by atoms with Crippen molar-refractivity contribution in [3.05, 3.63) is 54.1 Å². The minimum absolute atomic E-state index is 0.166. The third kappa shape index (κ3) is 12.9. The molecule has 228 valence electrons. The summed E-state index contributed by atoms with van der Waals surface area (Å²) in [6.45, 7) is 7.43. The molecule has 1 fully saturated rings. The van der Waals surface area contributed by atoms with Gasteiger partial charge in [0.2, 0.25) is 0 Å². The molecule has 0 N–H and O–H groups in total. The molecule has 1 saturated carbocycles. The highest BCUT2D eigenvalue weighted by molar-refractivity contribution is 5.91. The Bertz CT molecular complexity index is 950. The summed E-state index contributed by atoms with van der Waals surface area (Å²) < 4.78 is 17.6. The molecule has 2 aromatic carbocycles. The number of carbonyl (C=O) groups excluding carboxylic acids is 1. The van der Waals surface area contributed by atoms with E-state index in [0.29, 0.717) is 11.3 Å². The molecule has 4 nitrogen and oxygen atoms in total. The van der Waals surface area contributed by atoms with Crippen LogP contribution in [0.15, 0.2) is 48.5 Å². The molecule has 1 aliphatic carbocycles. The van der Waals surface area contributed by atoms with E-state index in [2.05, 4.69) is 20.8 Å². The highest BCUT2D eigenvalue weighted by Gasteiger charge is 2.23. The van der Waals surface area contributed by atoms with Crippen LogP contribution in [-0.4, -0.2) is 18.7 Å². The lowest BCUT2D eigenvalue weighted by Gasteiger charge is -2.31. The molecule has 0 radical (unpaired) electrons. The van der Waals surface area contributed by atoms with E-state index in [9.17, 15) is 4.79 Å². The van der Waals surface area contributed by atoms with E-state index < -0.39 is 0 Å². The second-order valence-electron chi connectivity index (χ2n) is 12.2. The SMILES string of the molecule is CCCCCCCCCCC(C)Oc1ccc(C(=O)Oc2ccc(OCCCC3CCCCC3CCC)cc2)cc1. The van der Waals surface area contributed by atoms with Crippen molar-refractivity contribution in [3.63, 3.8) is 0 Å². The maximum absolute atomic E-state index is 12.7. The second kappa shape index (κ2) is 19.6. The molecule has 4 heteroatoms. The van der Waals surface area contributed by atoms with Crippen LogP contribution in [0.2, 0.25) is 0 Å². The largest absolute Gasteiger partial charge is 0.494 e. The van der Waals surface area contributed by atoms with Crippen LogP contribution in [0.1, 0.15) is 140 Å². The molecule has 0 aromatic heterocycles. The first-order valence-corrected chi connectivity index (χ1v) is 16.8. The molecule has 0 saturated heterocycles. The number of rotatable bonds is 20. The molecule has 0 spiro atoms. The van der Waals surface area contributed by atoms with Crippen LogP contribution in [0.3, 0.4) is 0 Å². The molecular formula is C37H56O4. The number of ether oxygens (including phenoxy) is 3. The van der Waals surface area contributed by atoms with Gasteiger partial charge in [-0.25, -0.2) is 4.79 Å². The fraction of sp³-hybridized carbons (Fsp3) is 0.649. The average molecular weight is 565 g/mol. The van der Waals surface area contributed by atoms with Crippen molar-refractivity contribution in [3.8, 4) is 17.2 Å². The molecule has 3 atom stereocenters.